The van der Waals surface area contributed by atoms with Crippen LogP contribution in [0.4, 0.5) is 5.69 Å². The standard InChI is InChI=1S/C24H30ClN3O4S/c1-32-23-5-3-2-4-22(23)26-14-16-27(17-15-26)24(29)20-10-12-28(13-11-20)33(30,31)18-19-6-8-21(25)9-7-19/h2-9,20H,10-18H2,1H3. The van der Waals surface area contributed by atoms with Crippen LogP contribution in [0, 0.1) is 5.92 Å². The van der Waals surface area contributed by atoms with Crippen LogP contribution in [0.1, 0.15) is 18.4 Å². The summed E-state index contributed by atoms with van der Waals surface area (Å²) in [6.45, 7) is 3.58. The highest BCUT2D eigenvalue weighted by molar-refractivity contribution is 7.88. The average Bonchev–Trinajstić information content (AvgIpc) is 2.85. The number of rotatable bonds is 6. The Morgan fingerprint density at radius 2 is 1.61 bits per heavy atom. The number of amides is 1. The third-order valence-corrected chi connectivity index (χ3v) is 8.58. The fourth-order valence-corrected chi connectivity index (χ4v) is 6.27. The van der Waals surface area contributed by atoms with Crippen LogP contribution in [-0.4, -0.2) is 69.9 Å². The van der Waals surface area contributed by atoms with Gasteiger partial charge in [0.25, 0.3) is 0 Å². The SMILES string of the molecule is COc1ccccc1N1CCN(C(=O)C2CCN(S(=O)(=O)Cc3ccc(Cl)cc3)CC2)CC1. The number of carbonyl (C=O) groups is 1. The fraction of sp³-hybridized carbons (Fsp3) is 0.458. The summed E-state index contributed by atoms with van der Waals surface area (Å²) < 4.78 is 32.6. The Labute approximate surface area is 200 Å². The molecular formula is C24H30ClN3O4S. The Morgan fingerprint density at radius 1 is 0.970 bits per heavy atom. The van der Waals surface area contributed by atoms with Gasteiger partial charge in [-0.05, 0) is 42.7 Å². The lowest BCUT2D eigenvalue weighted by atomic mass is 9.96. The predicted molar refractivity (Wildman–Crippen MR) is 130 cm³/mol. The Hall–Kier alpha value is -2.29. The molecule has 0 aliphatic carbocycles. The number of hydrogen-bond donors (Lipinski definition) is 0. The van der Waals surface area contributed by atoms with Crippen molar-refractivity contribution in [2.45, 2.75) is 18.6 Å². The molecule has 9 heteroatoms. The van der Waals surface area contributed by atoms with Crippen LogP contribution in [0.2, 0.25) is 5.02 Å². The molecule has 2 saturated heterocycles. The number of ether oxygens (including phenoxy) is 1. The first-order valence-electron chi connectivity index (χ1n) is 11.3. The van der Waals surface area contributed by atoms with E-state index in [9.17, 15) is 13.2 Å². The Kier molecular flexibility index (Phi) is 7.46. The molecule has 0 aromatic heterocycles. The molecule has 7 nitrogen and oxygen atoms in total. The minimum absolute atomic E-state index is 0.0479. The molecule has 0 spiro atoms. The lowest BCUT2D eigenvalue weighted by Gasteiger charge is -2.39. The van der Waals surface area contributed by atoms with Crippen LogP contribution in [-0.2, 0) is 20.6 Å². The van der Waals surface area contributed by atoms with E-state index in [0.29, 0.717) is 49.6 Å². The van der Waals surface area contributed by atoms with Crippen molar-refractivity contribution in [1.29, 1.82) is 0 Å². The first kappa shape index (κ1) is 23.9. The van der Waals surface area contributed by atoms with Gasteiger partial charge in [0.15, 0.2) is 0 Å². The molecule has 1 amide bonds. The maximum atomic E-state index is 13.1. The van der Waals surface area contributed by atoms with Crippen LogP contribution in [0.25, 0.3) is 0 Å². The molecule has 2 aromatic rings. The zero-order valence-corrected chi connectivity index (χ0v) is 20.4. The van der Waals surface area contributed by atoms with Gasteiger partial charge in [-0.3, -0.25) is 4.79 Å². The third-order valence-electron chi connectivity index (χ3n) is 6.48. The number of carbonyl (C=O) groups excluding carboxylic acids is 1. The molecule has 0 radical (unpaired) electrons. The van der Waals surface area contributed by atoms with E-state index in [-0.39, 0.29) is 17.6 Å². The van der Waals surface area contributed by atoms with E-state index < -0.39 is 10.0 Å². The maximum absolute atomic E-state index is 13.1. The van der Waals surface area contributed by atoms with E-state index in [0.717, 1.165) is 24.5 Å². The topological polar surface area (TPSA) is 70.2 Å². The van der Waals surface area contributed by atoms with Crippen LogP contribution in [0.15, 0.2) is 48.5 Å². The van der Waals surface area contributed by atoms with Crippen molar-refractivity contribution in [3.05, 3.63) is 59.1 Å². The highest BCUT2D eigenvalue weighted by atomic mass is 35.5. The summed E-state index contributed by atoms with van der Waals surface area (Å²) in [7, 11) is -1.75. The highest BCUT2D eigenvalue weighted by Gasteiger charge is 2.34. The summed E-state index contributed by atoms with van der Waals surface area (Å²) in [6.07, 6.45) is 1.12. The Bertz CT molecular complexity index is 1060. The predicted octanol–water partition coefficient (Wildman–Crippen LogP) is 3.24. The van der Waals surface area contributed by atoms with E-state index in [1.165, 1.54) is 4.31 Å². The van der Waals surface area contributed by atoms with Crippen molar-refractivity contribution < 1.29 is 17.9 Å². The molecule has 2 heterocycles. The summed E-state index contributed by atoms with van der Waals surface area (Å²) >= 11 is 5.89. The normalized spacial score (nSPS) is 18.4. The van der Waals surface area contributed by atoms with Crippen LogP contribution >= 0.6 is 11.6 Å². The van der Waals surface area contributed by atoms with Crippen molar-refractivity contribution >= 4 is 33.2 Å². The van der Waals surface area contributed by atoms with Gasteiger partial charge in [0.2, 0.25) is 15.9 Å². The second kappa shape index (κ2) is 10.3. The molecule has 0 saturated carbocycles. The number of anilines is 1. The molecular weight excluding hydrogens is 462 g/mol. The smallest absolute Gasteiger partial charge is 0.225 e. The molecule has 4 rings (SSSR count). The lowest BCUT2D eigenvalue weighted by Crippen LogP contribution is -2.52. The molecule has 178 valence electrons. The minimum atomic E-state index is -3.42. The number of methoxy groups -OCH3 is 1. The molecule has 2 aromatic carbocycles. The first-order chi connectivity index (χ1) is 15.9. The van der Waals surface area contributed by atoms with E-state index in [1.54, 1.807) is 31.4 Å². The highest BCUT2D eigenvalue weighted by Crippen LogP contribution is 2.29. The molecule has 0 unspecified atom stereocenters. The summed E-state index contributed by atoms with van der Waals surface area (Å²) in [5, 5.41) is 0.583. The minimum Gasteiger partial charge on any atom is -0.495 e. The largest absolute Gasteiger partial charge is 0.495 e. The van der Waals surface area contributed by atoms with E-state index in [2.05, 4.69) is 4.90 Å². The molecule has 0 atom stereocenters. The van der Waals surface area contributed by atoms with Gasteiger partial charge in [0, 0.05) is 50.2 Å². The molecule has 2 aliphatic heterocycles. The number of benzene rings is 2. The number of halogens is 1. The summed E-state index contributed by atoms with van der Waals surface area (Å²) in [4.78, 5) is 17.3. The van der Waals surface area contributed by atoms with Gasteiger partial charge in [0.1, 0.15) is 5.75 Å². The molecule has 0 N–H and O–H groups in total. The number of para-hydroxylation sites is 2. The summed E-state index contributed by atoms with van der Waals surface area (Å²) in [5.74, 6) is 0.812. The van der Waals surface area contributed by atoms with E-state index >= 15 is 0 Å². The molecule has 33 heavy (non-hydrogen) atoms. The maximum Gasteiger partial charge on any atom is 0.225 e. The molecule has 2 aliphatic rings. The first-order valence-corrected chi connectivity index (χ1v) is 13.2. The Morgan fingerprint density at radius 3 is 2.24 bits per heavy atom. The van der Waals surface area contributed by atoms with Crippen LogP contribution in [0.3, 0.4) is 0 Å². The third kappa shape index (κ3) is 5.62. The van der Waals surface area contributed by atoms with Gasteiger partial charge in [0.05, 0.1) is 18.6 Å². The summed E-state index contributed by atoms with van der Waals surface area (Å²) in [6, 6.07) is 14.8. The van der Waals surface area contributed by atoms with Crippen molar-refractivity contribution in [3.8, 4) is 5.75 Å². The van der Waals surface area contributed by atoms with Crippen LogP contribution < -0.4 is 9.64 Å². The van der Waals surface area contributed by atoms with Crippen molar-refractivity contribution in [1.82, 2.24) is 9.21 Å². The van der Waals surface area contributed by atoms with E-state index in [4.69, 9.17) is 16.3 Å². The Balaban J connectivity index is 1.28. The van der Waals surface area contributed by atoms with E-state index in [1.807, 2.05) is 29.2 Å². The van der Waals surface area contributed by atoms with Gasteiger partial charge in [-0.15, -0.1) is 0 Å². The monoisotopic (exact) mass is 491 g/mol. The second-order valence-corrected chi connectivity index (χ2v) is 10.9. The van der Waals surface area contributed by atoms with Crippen molar-refractivity contribution in [2.75, 3.05) is 51.3 Å². The number of nitrogens with zero attached hydrogens (tertiary/aromatic N) is 3. The van der Waals surface area contributed by atoms with Gasteiger partial charge in [-0.25, -0.2) is 12.7 Å². The molecule has 2 fully saturated rings. The zero-order valence-electron chi connectivity index (χ0n) is 18.8. The van der Waals surface area contributed by atoms with Gasteiger partial charge >= 0.3 is 0 Å². The zero-order chi connectivity index (χ0) is 23.4. The number of sulfonamides is 1. The van der Waals surface area contributed by atoms with Crippen molar-refractivity contribution in [2.24, 2.45) is 5.92 Å². The van der Waals surface area contributed by atoms with Gasteiger partial charge in [-0.2, -0.15) is 0 Å². The second-order valence-electron chi connectivity index (χ2n) is 8.54. The van der Waals surface area contributed by atoms with Gasteiger partial charge in [-0.1, -0.05) is 35.9 Å². The summed E-state index contributed by atoms with van der Waals surface area (Å²) in [5.41, 5.74) is 1.76. The van der Waals surface area contributed by atoms with Crippen LogP contribution in [0.5, 0.6) is 5.75 Å². The molecule has 0 bridgehead atoms. The number of piperazine rings is 1. The quantitative estimate of drug-likeness (QED) is 0.620. The van der Waals surface area contributed by atoms with Gasteiger partial charge < -0.3 is 14.5 Å². The lowest BCUT2D eigenvalue weighted by molar-refractivity contribution is -0.137. The number of hydrogen-bond acceptors (Lipinski definition) is 5. The average molecular weight is 492 g/mol. The van der Waals surface area contributed by atoms with Crippen molar-refractivity contribution in [3.63, 3.8) is 0 Å². The number of piperidine rings is 1. The fourth-order valence-electron chi connectivity index (χ4n) is 4.58.